The maximum atomic E-state index is 10.8. The molecule has 0 bridgehead atoms. The Morgan fingerprint density at radius 2 is 1.81 bits per heavy atom. The first kappa shape index (κ1) is 17.2. The summed E-state index contributed by atoms with van der Waals surface area (Å²) in [5, 5.41) is 14.5. The van der Waals surface area contributed by atoms with Crippen molar-refractivity contribution in [1.29, 1.82) is 0 Å². The normalized spacial score (nSPS) is 15.3. The second-order valence-electron chi connectivity index (χ2n) is 5.09. The largest absolute Gasteiger partial charge is 0.480 e. The SMILES string of the molecule is C1CCNCC1.CC(=O)NC(Cc1ccccc1)C(=O)O. The highest BCUT2D eigenvalue weighted by Gasteiger charge is 2.18. The standard InChI is InChI=1S/C11H13NO3.C5H11N/c1-8(13)12-10(11(14)15)7-9-5-3-2-4-6-9;1-2-4-6-5-3-1/h2-6,10H,7H2,1H3,(H,12,13)(H,14,15);6H,1-5H2. The van der Waals surface area contributed by atoms with Crippen molar-refractivity contribution in [3.05, 3.63) is 35.9 Å². The highest BCUT2D eigenvalue weighted by molar-refractivity contribution is 5.82. The number of amides is 1. The monoisotopic (exact) mass is 292 g/mol. The molecule has 5 heteroatoms. The quantitative estimate of drug-likeness (QED) is 0.787. The summed E-state index contributed by atoms with van der Waals surface area (Å²) in [5.74, 6) is -1.35. The third-order valence-corrected chi connectivity index (χ3v) is 3.17. The van der Waals surface area contributed by atoms with E-state index in [2.05, 4.69) is 10.6 Å². The van der Waals surface area contributed by atoms with Crippen LogP contribution in [0.15, 0.2) is 30.3 Å². The zero-order chi connectivity index (χ0) is 15.5. The van der Waals surface area contributed by atoms with Crippen molar-refractivity contribution in [3.63, 3.8) is 0 Å². The average molecular weight is 292 g/mol. The number of piperidine rings is 1. The van der Waals surface area contributed by atoms with E-state index in [9.17, 15) is 9.59 Å². The van der Waals surface area contributed by atoms with Crippen LogP contribution < -0.4 is 10.6 Å². The van der Waals surface area contributed by atoms with Crippen molar-refractivity contribution in [2.45, 2.75) is 38.6 Å². The lowest BCUT2D eigenvalue weighted by atomic mass is 10.1. The van der Waals surface area contributed by atoms with E-state index in [1.807, 2.05) is 30.3 Å². The Morgan fingerprint density at radius 1 is 1.19 bits per heavy atom. The molecule has 0 aromatic heterocycles. The van der Waals surface area contributed by atoms with E-state index in [0.717, 1.165) is 5.56 Å². The zero-order valence-corrected chi connectivity index (χ0v) is 12.5. The fourth-order valence-corrected chi connectivity index (χ4v) is 2.10. The Kier molecular flexibility index (Phi) is 8.12. The smallest absolute Gasteiger partial charge is 0.326 e. The molecule has 1 aliphatic rings. The second kappa shape index (κ2) is 9.94. The molecular weight excluding hydrogens is 268 g/mol. The Hall–Kier alpha value is -1.88. The zero-order valence-electron chi connectivity index (χ0n) is 12.5. The van der Waals surface area contributed by atoms with Gasteiger partial charge in [0, 0.05) is 13.3 Å². The summed E-state index contributed by atoms with van der Waals surface area (Å²) in [6, 6.07) is 8.34. The van der Waals surface area contributed by atoms with Gasteiger partial charge in [0.2, 0.25) is 5.91 Å². The lowest BCUT2D eigenvalue weighted by molar-refractivity contribution is -0.141. The topological polar surface area (TPSA) is 78.4 Å². The van der Waals surface area contributed by atoms with Crippen LogP contribution in [-0.2, 0) is 16.0 Å². The van der Waals surface area contributed by atoms with Crippen molar-refractivity contribution in [1.82, 2.24) is 10.6 Å². The summed E-state index contributed by atoms with van der Waals surface area (Å²) in [5.41, 5.74) is 0.888. The van der Waals surface area contributed by atoms with Crippen LogP contribution in [0.1, 0.15) is 31.7 Å². The first-order valence-electron chi connectivity index (χ1n) is 7.34. The third kappa shape index (κ3) is 8.09. The minimum absolute atomic E-state index is 0.301. The molecule has 3 N–H and O–H groups in total. The molecule has 1 saturated heterocycles. The van der Waals surface area contributed by atoms with E-state index in [1.165, 1.54) is 39.3 Å². The van der Waals surface area contributed by atoms with E-state index in [0.29, 0.717) is 6.42 Å². The number of carboxylic acid groups (broad SMARTS) is 1. The molecular formula is C16H24N2O3. The van der Waals surface area contributed by atoms with E-state index in [1.54, 1.807) is 0 Å². The van der Waals surface area contributed by atoms with Gasteiger partial charge in [-0.3, -0.25) is 4.79 Å². The summed E-state index contributed by atoms with van der Waals surface area (Å²) in [6.07, 6.45) is 4.52. The molecule has 0 radical (unpaired) electrons. The maximum Gasteiger partial charge on any atom is 0.326 e. The molecule has 1 amide bonds. The Balaban J connectivity index is 0.000000304. The van der Waals surface area contributed by atoms with Gasteiger partial charge < -0.3 is 15.7 Å². The fourth-order valence-electron chi connectivity index (χ4n) is 2.10. The van der Waals surface area contributed by atoms with E-state index in [-0.39, 0.29) is 5.91 Å². The van der Waals surface area contributed by atoms with Crippen LogP contribution in [0.25, 0.3) is 0 Å². The molecule has 2 rings (SSSR count). The molecule has 1 atom stereocenters. The summed E-state index contributed by atoms with van der Waals surface area (Å²) >= 11 is 0. The molecule has 21 heavy (non-hydrogen) atoms. The fraction of sp³-hybridized carbons (Fsp3) is 0.500. The first-order chi connectivity index (χ1) is 10.1. The lowest BCUT2D eigenvalue weighted by Crippen LogP contribution is -2.41. The summed E-state index contributed by atoms with van der Waals surface area (Å²) < 4.78 is 0. The predicted molar refractivity (Wildman–Crippen MR) is 82.1 cm³/mol. The highest BCUT2D eigenvalue weighted by Crippen LogP contribution is 2.03. The molecule has 0 saturated carbocycles. The molecule has 0 spiro atoms. The maximum absolute atomic E-state index is 10.8. The lowest BCUT2D eigenvalue weighted by Gasteiger charge is -2.12. The van der Waals surface area contributed by atoms with Crippen LogP contribution in [0.2, 0.25) is 0 Å². The average Bonchev–Trinajstić information content (AvgIpc) is 2.49. The van der Waals surface area contributed by atoms with Gasteiger partial charge in [0.05, 0.1) is 0 Å². The van der Waals surface area contributed by atoms with E-state index >= 15 is 0 Å². The molecule has 116 valence electrons. The molecule has 1 fully saturated rings. The molecule has 1 unspecified atom stereocenters. The van der Waals surface area contributed by atoms with E-state index in [4.69, 9.17) is 5.11 Å². The van der Waals surface area contributed by atoms with Gasteiger partial charge in [-0.15, -0.1) is 0 Å². The van der Waals surface area contributed by atoms with Gasteiger partial charge in [-0.1, -0.05) is 36.8 Å². The molecule has 1 aromatic carbocycles. The number of hydrogen-bond acceptors (Lipinski definition) is 3. The van der Waals surface area contributed by atoms with Crippen molar-refractivity contribution in [2.75, 3.05) is 13.1 Å². The Bertz CT molecular complexity index is 419. The Labute approximate surface area is 125 Å². The minimum Gasteiger partial charge on any atom is -0.480 e. The van der Waals surface area contributed by atoms with Gasteiger partial charge in [-0.2, -0.15) is 0 Å². The highest BCUT2D eigenvalue weighted by atomic mass is 16.4. The first-order valence-corrected chi connectivity index (χ1v) is 7.34. The van der Waals surface area contributed by atoms with Crippen molar-refractivity contribution in [3.8, 4) is 0 Å². The van der Waals surface area contributed by atoms with Crippen LogP contribution in [0.5, 0.6) is 0 Å². The number of aliphatic carboxylic acids is 1. The van der Waals surface area contributed by atoms with Crippen molar-refractivity contribution >= 4 is 11.9 Å². The van der Waals surface area contributed by atoms with Crippen molar-refractivity contribution in [2.24, 2.45) is 0 Å². The summed E-state index contributed by atoms with van der Waals surface area (Å²) in [7, 11) is 0. The molecule has 5 nitrogen and oxygen atoms in total. The summed E-state index contributed by atoms with van der Waals surface area (Å²) in [4.78, 5) is 21.6. The number of nitrogens with one attached hydrogen (secondary N) is 2. The molecule has 1 aromatic rings. The summed E-state index contributed by atoms with van der Waals surface area (Å²) in [6.45, 7) is 3.81. The van der Waals surface area contributed by atoms with Gasteiger partial charge >= 0.3 is 5.97 Å². The van der Waals surface area contributed by atoms with Gasteiger partial charge in [0.1, 0.15) is 6.04 Å². The number of hydrogen-bond donors (Lipinski definition) is 3. The van der Waals surface area contributed by atoms with Gasteiger partial charge in [-0.25, -0.2) is 4.79 Å². The number of rotatable bonds is 4. The predicted octanol–water partition coefficient (Wildman–Crippen LogP) is 1.58. The van der Waals surface area contributed by atoms with Crippen LogP contribution in [0.4, 0.5) is 0 Å². The van der Waals surface area contributed by atoms with Crippen molar-refractivity contribution < 1.29 is 14.7 Å². The number of carbonyl (C=O) groups is 2. The number of benzene rings is 1. The Morgan fingerprint density at radius 3 is 2.19 bits per heavy atom. The third-order valence-electron chi connectivity index (χ3n) is 3.17. The second-order valence-corrected chi connectivity index (χ2v) is 5.09. The van der Waals surface area contributed by atoms with Crippen LogP contribution in [0.3, 0.4) is 0 Å². The molecule has 1 aliphatic heterocycles. The van der Waals surface area contributed by atoms with Gasteiger partial charge in [0.25, 0.3) is 0 Å². The molecule has 0 aliphatic carbocycles. The number of carboxylic acids is 1. The van der Waals surface area contributed by atoms with Crippen LogP contribution in [-0.4, -0.2) is 36.1 Å². The van der Waals surface area contributed by atoms with Gasteiger partial charge in [0.15, 0.2) is 0 Å². The number of carbonyl (C=O) groups excluding carboxylic acids is 1. The van der Waals surface area contributed by atoms with Crippen LogP contribution >= 0.6 is 0 Å². The van der Waals surface area contributed by atoms with Gasteiger partial charge in [-0.05, 0) is 31.5 Å². The molecule has 1 heterocycles. The minimum atomic E-state index is -1.02. The van der Waals surface area contributed by atoms with E-state index < -0.39 is 12.0 Å². The van der Waals surface area contributed by atoms with Crippen LogP contribution in [0, 0.1) is 0 Å².